The van der Waals surface area contributed by atoms with Gasteiger partial charge in [0, 0.05) is 5.56 Å². The van der Waals surface area contributed by atoms with Gasteiger partial charge in [-0.15, -0.1) is 4.91 Å². The summed E-state index contributed by atoms with van der Waals surface area (Å²) >= 11 is 0. The zero-order valence-corrected chi connectivity index (χ0v) is 8.91. The third kappa shape index (κ3) is 2.53. The molecule has 86 valence electrons. The molecule has 0 spiro atoms. The molecule has 0 heterocycles. The van der Waals surface area contributed by atoms with E-state index in [-0.39, 0.29) is 23.5 Å². The van der Waals surface area contributed by atoms with E-state index >= 15 is 0 Å². The first-order chi connectivity index (χ1) is 7.60. The number of hydrogen-bond donors (Lipinski definition) is 1. The van der Waals surface area contributed by atoms with Gasteiger partial charge in [-0.3, -0.25) is 4.79 Å². The number of rotatable bonds is 4. The van der Waals surface area contributed by atoms with Crippen LogP contribution >= 0.6 is 0 Å². The molecule has 1 rings (SSSR count). The Morgan fingerprint density at radius 2 is 2.25 bits per heavy atom. The summed E-state index contributed by atoms with van der Waals surface area (Å²) in [4.78, 5) is 21.4. The second-order valence-electron chi connectivity index (χ2n) is 3.09. The third-order valence-corrected chi connectivity index (χ3v) is 2.11. The van der Waals surface area contributed by atoms with Gasteiger partial charge >= 0.3 is 5.97 Å². The van der Waals surface area contributed by atoms with Crippen LogP contribution in [0.5, 0.6) is 0 Å². The van der Waals surface area contributed by atoms with E-state index in [1.807, 2.05) is 0 Å². The van der Waals surface area contributed by atoms with Crippen LogP contribution in [0.3, 0.4) is 0 Å². The van der Waals surface area contributed by atoms with Gasteiger partial charge in [0.15, 0.2) is 0 Å². The average molecular weight is 226 g/mol. The van der Waals surface area contributed by atoms with Gasteiger partial charge in [-0.25, -0.2) is 4.39 Å². The zero-order chi connectivity index (χ0) is 12.1. The molecular weight excluding hydrogens is 215 g/mol. The monoisotopic (exact) mass is 226 g/mol. The summed E-state index contributed by atoms with van der Waals surface area (Å²) in [5, 5.41) is 5.36. The molecule has 0 saturated heterocycles. The van der Waals surface area contributed by atoms with Gasteiger partial charge in [-0.2, -0.15) is 0 Å². The predicted molar refractivity (Wildman–Crippen MR) is 57.1 cm³/mol. The quantitative estimate of drug-likeness (QED) is 0.630. The number of benzene rings is 1. The lowest BCUT2D eigenvalue weighted by atomic mass is 10.1. The highest BCUT2D eigenvalue weighted by molar-refractivity contribution is 5.78. The van der Waals surface area contributed by atoms with Crippen LogP contribution in [0.4, 0.5) is 15.8 Å². The molecule has 0 aliphatic rings. The molecule has 0 fully saturated rings. The van der Waals surface area contributed by atoms with Crippen molar-refractivity contribution in [1.29, 1.82) is 0 Å². The number of carbonyl (C=O) groups is 1. The van der Waals surface area contributed by atoms with Crippen molar-refractivity contribution in [3.63, 3.8) is 0 Å². The molecule has 0 amide bonds. The molecule has 0 aromatic heterocycles. The number of nitrogens with one attached hydrogen (secondary N) is 1. The summed E-state index contributed by atoms with van der Waals surface area (Å²) in [5.41, 5.74) is 0.504. The number of esters is 1. The van der Waals surface area contributed by atoms with Crippen LogP contribution < -0.4 is 5.32 Å². The normalized spacial score (nSPS) is 9.69. The van der Waals surface area contributed by atoms with Gasteiger partial charge in [0.2, 0.25) is 0 Å². The first-order valence-electron chi connectivity index (χ1n) is 4.53. The van der Waals surface area contributed by atoms with E-state index in [0.29, 0.717) is 0 Å². The number of hydrogen-bond acceptors (Lipinski definition) is 5. The van der Waals surface area contributed by atoms with Crippen molar-refractivity contribution in [2.24, 2.45) is 5.18 Å². The SMILES string of the molecule is COC(=O)CNc1c(N=O)ccc(F)c1C. The maximum Gasteiger partial charge on any atom is 0.325 e. The van der Waals surface area contributed by atoms with Crippen molar-refractivity contribution in [2.75, 3.05) is 19.0 Å². The minimum absolute atomic E-state index is 0.0582. The van der Waals surface area contributed by atoms with Gasteiger partial charge in [0.05, 0.1) is 12.8 Å². The van der Waals surface area contributed by atoms with Crippen LogP contribution in [0.2, 0.25) is 0 Å². The van der Waals surface area contributed by atoms with Gasteiger partial charge < -0.3 is 10.1 Å². The lowest BCUT2D eigenvalue weighted by Gasteiger charge is -2.10. The predicted octanol–water partition coefficient (Wildman–Crippen LogP) is 2.12. The van der Waals surface area contributed by atoms with Crippen LogP contribution in [0.25, 0.3) is 0 Å². The number of nitroso groups, excluding NO2 is 1. The largest absolute Gasteiger partial charge is 0.468 e. The molecule has 1 N–H and O–H groups in total. The van der Waals surface area contributed by atoms with Gasteiger partial charge in [0.1, 0.15) is 18.0 Å². The van der Waals surface area contributed by atoms with E-state index in [1.165, 1.54) is 20.1 Å². The van der Waals surface area contributed by atoms with Crippen molar-refractivity contribution in [3.8, 4) is 0 Å². The second kappa shape index (κ2) is 5.20. The number of nitrogens with zero attached hydrogens (tertiary/aromatic N) is 1. The molecule has 5 nitrogen and oxygen atoms in total. The molecule has 6 heteroatoms. The zero-order valence-electron chi connectivity index (χ0n) is 8.91. The lowest BCUT2D eigenvalue weighted by molar-refractivity contribution is -0.138. The maximum absolute atomic E-state index is 13.2. The number of methoxy groups -OCH3 is 1. The van der Waals surface area contributed by atoms with Crippen LogP contribution in [-0.4, -0.2) is 19.6 Å². The number of anilines is 1. The molecule has 1 aromatic rings. The molecule has 0 saturated carbocycles. The molecule has 0 radical (unpaired) electrons. The van der Waals surface area contributed by atoms with Crippen LogP contribution in [0.1, 0.15) is 5.56 Å². The van der Waals surface area contributed by atoms with Crippen LogP contribution in [-0.2, 0) is 9.53 Å². The van der Waals surface area contributed by atoms with E-state index in [0.717, 1.165) is 6.07 Å². The third-order valence-electron chi connectivity index (χ3n) is 2.11. The Balaban J connectivity index is 2.96. The van der Waals surface area contributed by atoms with Crippen molar-refractivity contribution < 1.29 is 13.9 Å². The number of carbonyl (C=O) groups excluding carboxylic acids is 1. The van der Waals surface area contributed by atoms with Gasteiger partial charge in [0.25, 0.3) is 0 Å². The molecule has 0 atom stereocenters. The Kier molecular flexibility index (Phi) is 3.93. The van der Waals surface area contributed by atoms with Gasteiger partial charge in [-0.1, -0.05) is 0 Å². The smallest absolute Gasteiger partial charge is 0.325 e. The van der Waals surface area contributed by atoms with Crippen LogP contribution in [0.15, 0.2) is 17.3 Å². The maximum atomic E-state index is 13.2. The average Bonchev–Trinajstić information content (AvgIpc) is 2.30. The van der Waals surface area contributed by atoms with E-state index in [9.17, 15) is 14.1 Å². The number of ether oxygens (including phenoxy) is 1. The second-order valence-corrected chi connectivity index (χ2v) is 3.09. The highest BCUT2D eigenvalue weighted by atomic mass is 19.1. The first-order valence-corrected chi connectivity index (χ1v) is 4.53. The topological polar surface area (TPSA) is 67.8 Å². The van der Waals surface area contributed by atoms with E-state index in [1.54, 1.807) is 0 Å². The molecule has 0 aliphatic carbocycles. The van der Waals surface area contributed by atoms with E-state index in [2.05, 4.69) is 15.2 Å². The summed E-state index contributed by atoms with van der Waals surface area (Å²) in [7, 11) is 1.24. The fourth-order valence-corrected chi connectivity index (χ4v) is 1.20. The molecule has 0 bridgehead atoms. The molecule has 1 aromatic carbocycles. The van der Waals surface area contributed by atoms with Crippen LogP contribution in [0, 0.1) is 17.6 Å². The van der Waals surface area contributed by atoms with Crippen molar-refractivity contribution in [2.45, 2.75) is 6.92 Å². The Morgan fingerprint density at radius 1 is 1.56 bits per heavy atom. The Bertz CT molecular complexity index is 421. The Labute approximate surface area is 91.6 Å². The molecule has 0 unspecified atom stereocenters. The summed E-state index contributed by atoms with van der Waals surface area (Å²) < 4.78 is 17.6. The molecular formula is C10H11FN2O3. The Morgan fingerprint density at radius 3 is 2.81 bits per heavy atom. The fraction of sp³-hybridized carbons (Fsp3) is 0.300. The summed E-state index contributed by atoms with van der Waals surface area (Å²) in [5.74, 6) is -0.986. The molecule has 16 heavy (non-hydrogen) atoms. The lowest BCUT2D eigenvalue weighted by Crippen LogP contribution is -2.15. The van der Waals surface area contributed by atoms with E-state index < -0.39 is 11.8 Å². The minimum Gasteiger partial charge on any atom is -0.468 e. The highest BCUT2D eigenvalue weighted by Gasteiger charge is 2.11. The van der Waals surface area contributed by atoms with Crippen molar-refractivity contribution in [1.82, 2.24) is 0 Å². The fourth-order valence-electron chi connectivity index (χ4n) is 1.20. The highest BCUT2D eigenvalue weighted by Crippen LogP contribution is 2.29. The first kappa shape index (κ1) is 12.1. The summed E-state index contributed by atoms with van der Waals surface area (Å²) in [6.07, 6.45) is 0. The summed E-state index contributed by atoms with van der Waals surface area (Å²) in [6, 6.07) is 2.39. The summed E-state index contributed by atoms with van der Waals surface area (Å²) in [6.45, 7) is 1.34. The standard InChI is InChI=1S/C10H11FN2O3/c1-6-7(11)3-4-8(13-15)10(6)12-5-9(14)16-2/h3-4,12H,5H2,1-2H3. The van der Waals surface area contributed by atoms with Crippen molar-refractivity contribution >= 4 is 17.3 Å². The minimum atomic E-state index is -0.513. The molecule has 0 aliphatic heterocycles. The van der Waals surface area contributed by atoms with Gasteiger partial charge in [-0.05, 0) is 24.2 Å². The van der Waals surface area contributed by atoms with E-state index in [4.69, 9.17) is 0 Å². The number of halogens is 1. The van der Waals surface area contributed by atoms with Crippen molar-refractivity contribution in [3.05, 3.63) is 28.4 Å². The Hall–Kier alpha value is -1.98.